The Bertz CT molecular complexity index is 771. The minimum absolute atomic E-state index is 0.287. The molecular weight excluding hydrogens is 252 g/mol. The highest BCUT2D eigenvalue weighted by molar-refractivity contribution is 6.10. The zero-order chi connectivity index (χ0) is 13.9. The van der Waals surface area contributed by atoms with Crippen LogP contribution in [0.3, 0.4) is 0 Å². The fourth-order valence-electron chi connectivity index (χ4n) is 1.98. The molecule has 5 nitrogen and oxygen atoms in total. The molecular formula is C15H12N4O. The molecule has 0 unspecified atom stereocenters. The van der Waals surface area contributed by atoms with Gasteiger partial charge in [-0.2, -0.15) is 0 Å². The van der Waals surface area contributed by atoms with E-state index in [1.807, 2.05) is 30.3 Å². The maximum atomic E-state index is 12.3. The molecule has 1 aromatic carbocycles. The number of rotatable bonds is 2. The van der Waals surface area contributed by atoms with E-state index in [1.54, 1.807) is 25.3 Å². The third-order valence-corrected chi connectivity index (χ3v) is 2.84. The number of anilines is 1. The predicted octanol–water partition coefficient (Wildman–Crippen LogP) is 2.59. The lowest BCUT2D eigenvalue weighted by Crippen LogP contribution is -2.16. The second-order valence-corrected chi connectivity index (χ2v) is 4.31. The number of aryl methyl sites for hydroxylation is 1. The van der Waals surface area contributed by atoms with E-state index in [-0.39, 0.29) is 5.91 Å². The molecule has 0 spiro atoms. The molecule has 0 aliphatic heterocycles. The lowest BCUT2D eigenvalue weighted by Gasteiger charge is -2.07. The number of aromatic nitrogens is 3. The van der Waals surface area contributed by atoms with Crippen molar-refractivity contribution < 1.29 is 4.79 Å². The molecule has 98 valence electrons. The lowest BCUT2D eigenvalue weighted by molar-refractivity contribution is 0.102. The molecule has 0 bridgehead atoms. The number of nitrogens with one attached hydrogen (secondary N) is 1. The molecule has 0 saturated carbocycles. The average molecular weight is 264 g/mol. The van der Waals surface area contributed by atoms with E-state index < -0.39 is 0 Å². The van der Waals surface area contributed by atoms with Crippen molar-refractivity contribution in [2.75, 3.05) is 5.32 Å². The summed E-state index contributed by atoms with van der Waals surface area (Å²) in [5.41, 5.74) is 1.12. The average Bonchev–Trinajstić information content (AvgIpc) is 2.47. The zero-order valence-corrected chi connectivity index (χ0v) is 10.9. The molecule has 0 radical (unpaired) electrons. The van der Waals surface area contributed by atoms with Gasteiger partial charge in [-0.15, -0.1) is 0 Å². The van der Waals surface area contributed by atoms with Crippen LogP contribution in [0, 0.1) is 6.92 Å². The van der Waals surface area contributed by atoms with Gasteiger partial charge in [0.2, 0.25) is 0 Å². The zero-order valence-electron chi connectivity index (χ0n) is 10.9. The minimum atomic E-state index is -0.287. The van der Waals surface area contributed by atoms with Crippen molar-refractivity contribution in [3.63, 3.8) is 0 Å². The van der Waals surface area contributed by atoms with Gasteiger partial charge in [-0.1, -0.05) is 24.3 Å². The van der Waals surface area contributed by atoms with Crippen LogP contribution in [0.2, 0.25) is 0 Å². The Morgan fingerprint density at radius 3 is 2.65 bits per heavy atom. The fourth-order valence-corrected chi connectivity index (χ4v) is 1.98. The van der Waals surface area contributed by atoms with Gasteiger partial charge in [-0.25, -0.2) is 15.0 Å². The van der Waals surface area contributed by atoms with Crippen molar-refractivity contribution in [3.8, 4) is 0 Å². The van der Waals surface area contributed by atoms with E-state index in [4.69, 9.17) is 0 Å². The third-order valence-electron chi connectivity index (χ3n) is 2.84. The van der Waals surface area contributed by atoms with Gasteiger partial charge in [0.15, 0.2) is 0 Å². The highest BCUT2D eigenvalue weighted by atomic mass is 16.1. The molecule has 20 heavy (non-hydrogen) atoms. The molecule has 0 aliphatic carbocycles. The maximum absolute atomic E-state index is 12.3. The largest absolute Gasteiger partial charge is 0.305 e. The Hall–Kier alpha value is -2.82. The topological polar surface area (TPSA) is 67.8 Å². The highest BCUT2D eigenvalue weighted by Gasteiger charge is 2.14. The standard InChI is InChI=1S/C15H12N4O/c1-10-17-12-7-3-2-6-11(12)14(18-10)15(20)19-13-8-4-5-9-16-13/h2-9H,1H3,(H,16,19,20). The maximum Gasteiger partial charge on any atom is 0.276 e. The van der Waals surface area contributed by atoms with Crippen LogP contribution in [0.15, 0.2) is 48.7 Å². The number of fused-ring (bicyclic) bond motifs is 1. The summed E-state index contributed by atoms with van der Waals surface area (Å²) < 4.78 is 0. The summed E-state index contributed by atoms with van der Waals surface area (Å²) >= 11 is 0. The summed E-state index contributed by atoms with van der Waals surface area (Å²) in [7, 11) is 0. The van der Waals surface area contributed by atoms with E-state index in [0.717, 1.165) is 10.9 Å². The Labute approximate surface area is 115 Å². The molecule has 3 rings (SSSR count). The Morgan fingerprint density at radius 1 is 1.05 bits per heavy atom. The quantitative estimate of drug-likeness (QED) is 0.772. The van der Waals surface area contributed by atoms with Gasteiger partial charge in [0.1, 0.15) is 17.3 Å². The smallest absolute Gasteiger partial charge is 0.276 e. The molecule has 0 atom stereocenters. The number of hydrogen-bond acceptors (Lipinski definition) is 4. The number of para-hydroxylation sites is 1. The number of hydrogen-bond donors (Lipinski definition) is 1. The first kappa shape index (κ1) is 12.2. The highest BCUT2D eigenvalue weighted by Crippen LogP contribution is 2.16. The normalized spacial score (nSPS) is 10.4. The van der Waals surface area contributed by atoms with Crippen molar-refractivity contribution >= 4 is 22.6 Å². The van der Waals surface area contributed by atoms with Crippen molar-refractivity contribution in [1.29, 1.82) is 0 Å². The predicted molar refractivity (Wildman–Crippen MR) is 76.5 cm³/mol. The molecule has 0 fully saturated rings. The summed E-state index contributed by atoms with van der Waals surface area (Å²) in [4.78, 5) is 25.0. The first-order valence-electron chi connectivity index (χ1n) is 6.20. The van der Waals surface area contributed by atoms with Gasteiger partial charge in [0.25, 0.3) is 5.91 Å². The van der Waals surface area contributed by atoms with Gasteiger partial charge in [0.05, 0.1) is 5.52 Å². The van der Waals surface area contributed by atoms with Crippen LogP contribution in [0.25, 0.3) is 10.9 Å². The van der Waals surface area contributed by atoms with Crippen LogP contribution in [-0.4, -0.2) is 20.9 Å². The van der Waals surface area contributed by atoms with Gasteiger partial charge >= 0.3 is 0 Å². The van der Waals surface area contributed by atoms with Crippen LogP contribution in [0.1, 0.15) is 16.3 Å². The van der Waals surface area contributed by atoms with E-state index >= 15 is 0 Å². The second-order valence-electron chi connectivity index (χ2n) is 4.31. The SMILES string of the molecule is Cc1nc(C(=O)Nc2ccccn2)c2ccccc2n1. The monoisotopic (exact) mass is 264 g/mol. The number of carbonyl (C=O) groups excluding carboxylic acids is 1. The second kappa shape index (κ2) is 5.05. The summed E-state index contributed by atoms with van der Waals surface area (Å²) in [6, 6.07) is 12.8. The van der Waals surface area contributed by atoms with E-state index in [9.17, 15) is 4.79 Å². The third kappa shape index (κ3) is 2.33. The molecule has 0 saturated heterocycles. The molecule has 0 aliphatic rings. The van der Waals surface area contributed by atoms with Crippen LogP contribution < -0.4 is 5.32 Å². The van der Waals surface area contributed by atoms with Crippen molar-refractivity contribution in [2.45, 2.75) is 6.92 Å². The Morgan fingerprint density at radius 2 is 1.85 bits per heavy atom. The van der Waals surface area contributed by atoms with Crippen molar-refractivity contribution in [3.05, 3.63) is 60.2 Å². The first-order valence-corrected chi connectivity index (χ1v) is 6.20. The number of amides is 1. The number of carbonyl (C=O) groups is 1. The molecule has 3 aromatic rings. The van der Waals surface area contributed by atoms with Crippen LogP contribution in [0.5, 0.6) is 0 Å². The van der Waals surface area contributed by atoms with Gasteiger partial charge < -0.3 is 5.32 Å². The van der Waals surface area contributed by atoms with Crippen molar-refractivity contribution in [2.24, 2.45) is 0 Å². The van der Waals surface area contributed by atoms with Gasteiger partial charge in [-0.3, -0.25) is 4.79 Å². The van der Waals surface area contributed by atoms with Gasteiger partial charge in [-0.05, 0) is 25.1 Å². The van der Waals surface area contributed by atoms with Crippen LogP contribution >= 0.6 is 0 Å². The van der Waals surface area contributed by atoms with Crippen molar-refractivity contribution in [1.82, 2.24) is 15.0 Å². The number of benzene rings is 1. The summed E-state index contributed by atoms with van der Waals surface area (Å²) in [6.07, 6.45) is 1.62. The number of pyridine rings is 1. The minimum Gasteiger partial charge on any atom is -0.305 e. The summed E-state index contributed by atoms with van der Waals surface area (Å²) in [6.45, 7) is 1.77. The van der Waals surface area contributed by atoms with E-state index in [2.05, 4.69) is 20.3 Å². The fraction of sp³-hybridized carbons (Fsp3) is 0.0667. The van der Waals surface area contributed by atoms with E-state index in [1.165, 1.54) is 0 Å². The van der Waals surface area contributed by atoms with Gasteiger partial charge in [0, 0.05) is 11.6 Å². The lowest BCUT2D eigenvalue weighted by atomic mass is 10.1. The summed E-state index contributed by atoms with van der Waals surface area (Å²) in [5, 5.41) is 3.47. The molecule has 5 heteroatoms. The van der Waals surface area contributed by atoms with E-state index in [0.29, 0.717) is 17.3 Å². The van der Waals surface area contributed by atoms with Crippen LogP contribution in [-0.2, 0) is 0 Å². The molecule has 1 N–H and O–H groups in total. The molecule has 2 aromatic heterocycles. The Balaban J connectivity index is 2.03. The Kier molecular flexibility index (Phi) is 3.09. The molecule has 2 heterocycles. The van der Waals surface area contributed by atoms with Crippen LogP contribution in [0.4, 0.5) is 5.82 Å². The summed E-state index contributed by atoms with van der Waals surface area (Å²) in [5.74, 6) is 0.776. The molecule has 1 amide bonds. The first-order chi connectivity index (χ1) is 9.74. The number of nitrogens with zero attached hydrogens (tertiary/aromatic N) is 3.